The number of hydrogen-bond acceptors (Lipinski definition) is 3. The lowest BCUT2D eigenvalue weighted by Gasteiger charge is -2.27. The maximum Gasteiger partial charge on any atom is 0.322 e. The van der Waals surface area contributed by atoms with Crippen LogP contribution in [-0.4, -0.2) is 41.4 Å². The minimum atomic E-state index is -0.276. The molecule has 0 atom stereocenters. The molecule has 162 valence electrons. The highest BCUT2D eigenvalue weighted by atomic mass is 16.3. The topological polar surface area (TPSA) is 65.8 Å². The Balaban J connectivity index is 1.67. The van der Waals surface area contributed by atoms with E-state index in [0.717, 1.165) is 24.2 Å². The van der Waals surface area contributed by atoms with Crippen molar-refractivity contribution in [2.75, 3.05) is 25.0 Å². The molecule has 0 radical (unpaired) electrons. The van der Waals surface area contributed by atoms with Crippen LogP contribution in [-0.2, 0) is 17.8 Å². The summed E-state index contributed by atoms with van der Waals surface area (Å²) in [7, 11) is 0. The van der Waals surface area contributed by atoms with Gasteiger partial charge in [-0.15, -0.1) is 0 Å². The monoisotopic (exact) mass is 419 g/mol. The SMILES string of the molecule is CCCN(CC(=O)N(CCc1ccccc1)Cc1ccco1)C(=O)Nc1ccccc1. The number of benzene rings is 2. The first-order chi connectivity index (χ1) is 15.2. The maximum atomic E-state index is 13.2. The van der Waals surface area contributed by atoms with Crippen LogP contribution in [0.3, 0.4) is 0 Å². The lowest BCUT2D eigenvalue weighted by molar-refractivity contribution is -0.132. The van der Waals surface area contributed by atoms with E-state index < -0.39 is 0 Å². The average molecular weight is 420 g/mol. The molecule has 0 saturated carbocycles. The highest BCUT2D eigenvalue weighted by Gasteiger charge is 2.22. The summed E-state index contributed by atoms with van der Waals surface area (Å²) in [5.74, 6) is 0.612. The summed E-state index contributed by atoms with van der Waals surface area (Å²) in [6.45, 7) is 3.42. The van der Waals surface area contributed by atoms with E-state index in [2.05, 4.69) is 5.32 Å². The van der Waals surface area contributed by atoms with Crippen LogP contribution in [0, 0.1) is 0 Å². The molecule has 0 unspecified atom stereocenters. The zero-order valence-electron chi connectivity index (χ0n) is 17.9. The van der Waals surface area contributed by atoms with E-state index in [1.807, 2.05) is 79.7 Å². The summed E-state index contributed by atoms with van der Waals surface area (Å²) in [4.78, 5) is 29.3. The molecular weight excluding hydrogens is 390 g/mol. The molecule has 0 fully saturated rings. The van der Waals surface area contributed by atoms with Crippen LogP contribution < -0.4 is 5.32 Å². The molecule has 0 aliphatic carbocycles. The number of para-hydroxylation sites is 1. The average Bonchev–Trinajstić information content (AvgIpc) is 3.31. The van der Waals surface area contributed by atoms with Crippen molar-refractivity contribution in [2.45, 2.75) is 26.3 Å². The fourth-order valence-electron chi connectivity index (χ4n) is 3.30. The first kappa shape index (κ1) is 22.2. The number of carbonyl (C=O) groups excluding carboxylic acids is 2. The number of anilines is 1. The predicted molar refractivity (Wildman–Crippen MR) is 122 cm³/mol. The second kappa shape index (κ2) is 11.6. The zero-order chi connectivity index (χ0) is 21.9. The number of hydrogen-bond donors (Lipinski definition) is 1. The Morgan fingerprint density at radius 1 is 0.871 bits per heavy atom. The highest BCUT2D eigenvalue weighted by Crippen LogP contribution is 2.11. The van der Waals surface area contributed by atoms with Gasteiger partial charge in [-0.2, -0.15) is 0 Å². The number of urea groups is 1. The van der Waals surface area contributed by atoms with Gasteiger partial charge in [0, 0.05) is 18.8 Å². The summed E-state index contributed by atoms with van der Waals surface area (Å²) >= 11 is 0. The van der Waals surface area contributed by atoms with E-state index in [-0.39, 0.29) is 18.5 Å². The quantitative estimate of drug-likeness (QED) is 0.514. The third-order valence-electron chi connectivity index (χ3n) is 4.92. The van der Waals surface area contributed by atoms with Crippen molar-refractivity contribution in [1.29, 1.82) is 0 Å². The fourth-order valence-corrected chi connectivity index (χ4v) is 3.30. The van der Waals surface area contributed by atoms with Crippen molar-refractivity contribution in [1.82, 2.24) is 9.80 Å². The predicted octanol–water partition coefficient (Wildman–Crippen LogP) is 4.80. The summed E-state index contributed by atoms with van der Waals surface area (Å²) in [6.07, 6.45) is 3.10. The third-order valence-corrected chi connectivity index (χ3v) is 4.92. The number of amides is 3. The number of nitrogens with one attached hydrogen (secondary N) is 1. The van der Waals surface area contributed by atoms with Gasteiger partial charge in [-0.1, -0.05) is 55.5 Å². The number of nitrogens with zero attached hydrogens (tertiary/aromatic N) is 2. The lowest BCUT2D eigenvalue weighted by atomic mass is 10.1. The van der Waals surface area contributed by atoms with Gasteiger partial charge in [0.25, 0.3) is 0 Å². The maximum absolute atomic E-state index is 13.2. The molecule has 3 rings (SSSR count). The van der Waals surface area contributed by atoms with Crippen LogP contribution in [0.25, 0.3) is 0 Å². The van der Waals surface area contributed by atoms with Gasteiger partial charge in [0.15, 0.2) is 0 Å². The van der Waals surface area contributed by atoms with E-state index in [4.69, 9.17) is 4.42 Å². The summed E-state index contributed by atoms with van der Waals surface area (Å²) in [5.41, 5.74) is 1.87. The summed E-state index contributed by atoms with van der Waals surface area (Å²) < 4.78 is 5.46. The van der Waals surface area contributed by atoms with Crippen molar-refractivity contribution >= 4 is 17.6 Å². The first-order valence-electron chi connectivity index (χ1n) is 10.6. The first-order valence-corrected chi connectivity index (χ1v) is 10.6. The van der Waals surface area contributed by atoms with Crippen LogP contribution in [0.1, 0.15) is 24.7 Å². The molecule has 2 aromatic carbocycles. The van der Waals surface area contributed by atoms with Crippen molar-refractivity contribution in [2.24, 2.45) is 0 Å². The number of furan rings is 1. The van der Waals surface area contributed by atoms with Crippen molar-refractivity contribution in [3.05, 3.63) is 90.4 Å². The molecule has 1 aromatic heterocycles. The normalized spacial score (nSPS) is 10.5. The molecular formula is C25H29N3O3. The molecule has 3 aromatic rings. The second-order valence-electron chi connectivity index (χ2n) is 7.35. The molecule has 1 heterocycles. The minimum absolute atomic E-state index is 0.0159. The molecule has 0 bridgehead atoms. The smallest absolute Gasteiger partial charge is 0.322 e. The van der Waals surface area contributed by atoms with Gasteiger partial charge >= 0.3 is 6.03 Å². The van der Waals surface area contributed by atoms with E-state index in [9.17, 15) is 9.59 Å². The molecule has 6 nitrogen and oxygen atoms in total. The van der Waals surface area contributed by atoms with E-state index in [0.29, 0.717) is 25.3 Å². The Labute approximate surface area is 183 Å². The van der Waals surface area contributed by atoms with Gasteiger partial charge in [0.1, 0.15) is 12.3 Å². The molecule has 31 heavy (non-hydrogen) atoms. The Morgan fingerprint density at radius 2 is 1.58 bits per heavy atom. The molecule has 1 N–H and O–H groups in total. The zero-order valence-corrected chi connectivity index (χ0v) is 17.9. The minimum Gasteiger partial charge on any atom is -0.467 e. The largest absolute Gasteiger partial charge is 0.467 e. The van der Waals surface area contributed by atoms with E-state index >= 15 is 0 Å². The second-order valence-corrected chi connectivity index (χ2v) is 7.35. The number of rotatable bonds is 10. The molecule has 0 spiro atoms. The van der Waals surface area contributed by atoms with Gasteiger partial charge in [-0.3, -0.25) is 4.79 Å². The van der Waals surface area contributed by atoms with Crippen LogP contribution in [0.5, 0.6) is 0 Å². The molecule has 3 amide bonds. The molecule has 6 heteroatoms. The van der Waals surface area contributed by atoms with Gasteiger partial charge in [-0.25, -0.2) is 4.79 Å². The third kappa shape index (κ3) is 7.03. The van der Waals surface area contributed by atoms with Crippen LogP contribution in [0.15, 0.2) is 83.5 Å². The molecule has 0 aliphatic heterocycles. The Hall–Kier alpha value is -3.54. The standard InChI is InChI=1S/C25H29N3O3/c1-2-16-28(25(30)26-22-12-7-4-8-13-22)20-24(29)27(19-23-14-9-18-31-23)17-15-21-10-5-3-6-11-21/h3-14,18H,2,15-17,19-20H2,1H3,(H,26,30). The van der Waals surface area contributed by atoms with E-state index in [1.54, 1.807) is 16.1 Å². The van der Waals surface area contributed by atoms with Crippen molar-refractivity contribution in [3.8, 4) is 0 Å². The Kier molecular flexibility index (Phi) is 8.29. The fraction of sp³-hybridized carbons (Fsp3) is 0.280. The molecule has 0 saturated heterocycles. The van der Waals surface area contributed by atoms with Gasteiger partial charge < -0.3 is 19.5 Å². The highest BCUT2D eigenvalue weighted by molar-refractivity contribution is 5.92. The molecule has 0 aliphatic rings. The van der Waals surface area contributed by atoms with Crippen LogP contribution in [0.2, 0.25) is 0 Å². The van der Waals surface area contributed by atoms with Crippen LogP contribution in [0.4, 0.5) is 10.5 Å². The van der Waals surface area contributed by atoms with E-state index in [1.165, 1.54) is 0 Å². The Morgan fingerprint density at radius 3 is 2.23 bits per heavy atom. The summed E-state index contributed by atoms with van der Waals surface area (Å²) in [5, 5.41) is 2.87. The van der Waals surface area contributed by atoms with Gasteiger partial charge in [-0.05, 0) is 42.7 Å². The Bertz CT molecular complexity index is 927. The van der Waals surface area contributed by atoms with Crippen molar-refractivity contribution < 1.29 is 14.0 Å². The van der Waals surface area contributed by atoms with Crippen molar-refractivity contribution in [3.63, 3.8) is 0 Å². The van der Waals surface area contributed by atoms with Gasteiger partial charge in [0.05, 0.1) is 12.8 Å². The van der Waals surface area contributed by atoms with Gasteiger partial charge in [0.2, 0.25) is 5.91 Å². The van der Waals surface area contributed by atoms with Crippen LogP contribution >= 0.6 is 0 Å². The lowest BCUT2D eigenvalue weighted by Crippen LogP contribution is -2.45. The number of carbonyl (C=O) groups is 2. The summed E-state index contributed by atoms with van der Waals surface area (Å²) in [6, 6.07) is 22.7.